The van der Waals surface area contributed by atoms with Gasteiger partial charge in [-0.1, -0.05) is 35.9 Å². The lowest BCUT2D eigenvalue weighted by atomic mass is 10.1. The molecule has 2 aromatic carbocycles. The van der Waals surface area contributed by atoms with Crippen LogP contribution in [0.4, 0.5) is 5.69 Å². The summed E-state index contributed by atoms with van der Waals surface area (Å²) < 4.78 is 0. The van der Waals surface area contributed by atoms with Crippen molar-refractivity contribution in [2.45, 2.75) is 6.54 Å². The van der Waals surface area contributed by atoms with Crippen LogP contribution in [0, 0.1) is 0 Å². The minimum absolute atomic E-state index is 0.747. The van der Waals surface area contributed by atoms with Gasteiger partial charge >= 0.3 is 0 Å². The highest BCUT2D eigenvalue weighted by Gasteiger charge is 2.01. The van der Waals surface area contributed by atoms with Gasteiger partial charge in [0.15, 0.2) is 5.82 Å². The molecule has 5 heteroatoms. The Bertz CT molecular complexity index is 677. The van der Waals surface area contributed by atoms with Crippen LogP contribution in [-0.4, -0.2) is 15.2 Å². The Kier molecular flexibility index (Phi) is 3.65. The van der Waals surface area contributed by atoms with Gasteiger partial charge < -0.3 is 5.32 Å². The van der Waals surface area contributed by atoms with Gasteiger partial charge in [-0.15, -0.1) is 0 Å². The molecule has 100 valence electrons. The molecule has 3 aromatic rings. The van der Waals surface area contributed by atoms with Gasteiger partial charge in [0.05, 0.1) is 0 Å². The standard InChI is InChI=1S/C15H13ClN4/c16-13-6-4-11(5-7-13)9-17-14-3-1-2-12(8-14)15-18-10-19-20-15/h1-8,10,17H,9H2,(H,18,19,20). The molecule has 2 N–H and O–H groups in total. The number of halogens is 1. The lowest BCUT2D eigenvalue weighted by molar-refractivity contribution is 1.09. The molecule has 0 bridgehead atoms. The zero-order valence-corrected chi connectivity index (χ0v) is 11.4. The van der Waals surface area contributed by atoms with Crippen LogP contribution in [0.2, 0.25) is 5.02 Å². The molecule has 0 saturated heterocycles. The summed E-state index contributed by atoms with van der Waals surface area (Å²) in [5, 5.41) is 10.8. The third kappa shape index (κ3) is 2.97. The predicted molar refractivity (Wildman–Crippen MR) is 80.6 cm³/mol. The quantitative estimate of drug-likeness (QED) is 0.767. The molecule has 0 atom stereocenters. The lowest BCUT2D eigenvalue weighted by Gasteiger charge is -2.07. The first kappa shape index (κ1) is 12.7. The van der Waals surface area contributed by atoms with Crippen molar-refractivity contribution in [2.75, 3.05) is 5.32 Å². The van der Waals surface area contributed by atoms with E-state index in [1.54, 1.807) is 0 Å². The van der Waals surface area contributed by atoms with E-state index in [0.29, 0.717) is 0 Å². The highest BCUT2D eigenvalue weighted by molar-refractivity contribution is 6.30. The van der Waals surface area contributed by atoms with Gasteiger partial charge in [-0.2, -0.15) is 5.10 Å². The summed E-state index contributed by atoms with van der Waals surface area (Å²) in [5.74, 6) is 0.764. The monoisotopic (exact) mass is 284 g/mol. The van der Waals surface area contributed by atoms with Crippen LogP contribution < -0.4 is 5.32 Å². The van der Waals surface area contributed by atoms with Gasteiger partial charge in [-0.25, -0.2) is 4.98 Å². The average molecular weight is 285 g/mol. The first-order valence-corrected chi connectivity index (χ1v) is 6.63. The van der Waals surface area contributed by atoms with Crippen molar-refractivity contribution < 1.29 is 0 Å². The van der Waals surface area contributed by atoms with Crippen molar-refractivity contribution in [3.05, 3.63) is 65.4 Å². The lowest BCUT2D eigenvalue weighted by Crippen LogP contribution is -1.99. The minimum Gasteiger partial charge on any atom is -0.381 e. The fourth-order valence-electron chi connectivity index (χ4n) is 1.93. The fraction of sp³-hybridized carbons (Fsp3) is 0.0667. The largest absolute Gasteiger partial charge is 0.381 e. The van der Waals surface area contributed by atoms with Gasteiger partial charge in [-0.05, 0) is 29.8 Å². The van der Waals surface area contributed by atoms with E-state index in [1.165, 1.54) is 11.9 Å². The molecule has 0 amide bonds. The topological polar surface area (TPSA) is 53.6 Å². The Hall–Kier alpha value is -2.33. The Labute approximate surface area is 121 Å². The number of hydrogen-bond acceptors (Lipinski definition) is 3. The van der Waals surface area contributed by atoms with Crippen LogP contribution in [-0.2, 0) is 6.54 Å². The van der Waals surface area contributed by atoms with Crippen LogP contribution in [0.1, 0.15) is 5.56 Å². The Balaban J connectivity index is 1.72. The van der Waals surface area contributed by atoms with Gasteiger partial charge in [0, 0.05) is 22.8 Å². The zero-order chi connectivity index (χ0) is 13.8. The zero-order valence-electron chi connectivity index (χ0n) is 10.7. The number of nitrogens with one attached hydrogen (secondary N) is 2. The van der Waals surface area contributed by atoms with Crippen molar-refractivity contribution in [1.29, 1.82) is 0 Å². The van der Waals surface area contributed by atoms with E-state index in [9.17, 15) is 0 Å². The smallest absolute Gasteiger partial charge is 0.155 e. The van der Waals surface area contributed by atoms with Crippen molar-refractivity contribution in [3.63, 3.8) is 0 Å². The van der Waals surface area contributed by atoms with E-state index in [0.717, 1.165) is 28.6 Å². The second-order valence-corrected chi connectivity index (χ2v) is 4.83. The van der Waals surface area contributed by atoms with Crippen LogP contribution in [0.3, 0.4) is 0 Å². The highest BCUT2D eigenvalue weighted by atomic mass is 35.5. The SMILES string of the molecule is Clc1ccc(CNc2cccc(-c3ncn[nH]3)c2)cc1. The molecule has 1 heterocycles. The molecule has 0 aliphatic carbocycles. The van der Waals surface area contributed by atoms with Crippen molar-refractivity contribution >= 4 is 17.3 Å². The number of rotatable bonds is 4. The Morgan fingerprint density at radius 2 is 1.95 bits per heavy atom. The summed E-state index contributed by atoms with van der Waals surface area (Å²) in [6.45, 7) is 0.747. The maximum atomic E-state index is 5.87. The van der Waals surface area contributed by atoms with Crippen LogP contribution in [0.5, 0.6) is 0 Å². The van der Waals surface area contributed by atoms with Gasteiger partial charge in [-0.3, -0.25) is 5.10 Å². The first-order valence-electron chi connectivity index (χ1n) is 6.25. The maximum absolute atomic E-state index is 5.87. The molecule has 0 fully saturated rings. The molecule has 0 radical (unpaired) electrons. The second kappa shape index (κ2) is 5.75. The Morgan fingerprint density at radius 3 is 2.70 bits per heavy atom. The van der Waals surface area contributed by atoms with Crippen molar-refractivity contribution in [3.8, 4) is 11.4 Å². The summed E-state index contributed by atoms with van der Waals surface area (Å²) in [7, 11) is 0. The van der Waals surface area contributed by atoms with E-state index in [4.69, 9.17) is 11.6 Å². The molecule has 3 rings (SSSR count). The van der Waals surface area contributed by atoms with E-state index in [-0.39, 0.29) is 0 Å². The molecule has 20 heavy (non-hydrogen) atoms. The number of nitrogens with zero attached hydrogens (tertiary/aromatic N) is 2. The summed E-state index contributed by atoms with van der Waals surface area (Å²) in [4.78, 5) is 4.15. The van der Waals surface area contributed by atoms with E-state index < -0.39 is 0 Å². The molecule has 1 aromatic heterocycles. The third-order valence-electron chi connectivity index (χ3n) is 2.96. The molecular formula is C15H13ClN4. The summed E-state index contributed by atoms with van der Waals surface area (Å²) in [5.41, 5.74) is 3.22. The van der Waals surface area contributed by atoms with E-state index >= 15 is 0 Å². The number of hydrogen-bond donors (Lipinski definition) is 2. The molecule has 0 spiro atoms. The minimum atomic E-state index is 0.747. The van der Waals surface area contributed by atoms with E-state index in [1.807, 2.05) is 48.5 Å². The molecular weight excluding hydrogens is 272 g/mol. The summed E-state index contributed by atoms with van der Waals surface area (Å²) >= 11 is 5.87. The average Bonchev–Trinajstić information content (AvgIpc) is 3.01. The molecule has 0 aliphatic rings. The number of aromatic nitrogens is 3. The van der Waals surface area contributed by atoms with Crippen LogP contribution in [0.25, 0.3) is 11.4 Å². The van der Waals surface area contributed by atoms with E-state index in [2.05, 4.69) is 20.5 Å². The predicted octanol–water partition coefficient (Wildman–Crippen LogP) is 3.74. The third-order valence-corrected chi connectivity index (χ3v) is 3.21. The van der Waals surface area contributed by atoms with Crippen molar-refractivity contribution in [2.24, 2.45) is 0 Å². The van der Waals surface area contributed by atoms with Gasteiger partial charge in [0.2, 0.25) is 0 Å². The maximum Gasteiger partial charge on any atom is 0.155 e. The number of H-pyrrole nitrogens is 1. The molecule has 4 nitrogen and oxygen atoms in total. The summed E-state index contributed by atoms with van der Waals surface area (Å²) in [6, 6.07) is 15.8. The number of aromatic amines is 1. The number of benzene rings is 2. The first-order chi connectivity index (χ1) is 9.81. The van der Waals surface area contributed by atoms with Gasteiger partial charge in [0.25, 0.3) is 0 Å². The Morgan fingerprint density at radius 1 is 1.10 bits per heavy atom. The summed E-state index contributed by atoms with van der Waals surface area (Å²) in [6.07, 6.45) is 1.50. The molecule has 0 aliphatic heterocycles. The highest BCUT2D eigenvalue weighted by Crippen LogP contribution is 2.19. The van der Waals surface area contributed by atoms with Gasteiger partial charge in [0.1, 0.15) is 6.33 Å². The van der Waals surface area contributed by atoms with Crippen LogP contribution >= 0.6 is 11.6 Å². The molecule has 0 saturated carbocycles. The fourth-order valence-corrected chi connectivity index (χ4v) is 2.05. The van der Waals surface area contributed by atoms with Crippen LogP contribution in [0.15, 0.2) is 54.9 Å². The second-order valence-electron chi connectivity index (χ2n) is 4.39. The molecule has 0 unspecified atom stereocenters. The van der Waals surface area contributed by atoms with Crippen molar-refractivity contribution in [1.82, 2.24) is 15.2 Å². The normalized spacial score (nSPS) is 10.4. The number of anilines is 1.